The van der Waals surface area contributed by atoms with Crippen molar-refractivity contribution >= 4 is 24.2 Å². The number of allylic oxidation sites excluding steroid dienone is 3. The fourth-order valence-corrected chi connectivity index (χ4v) is 4.17. The minimum Gasteiger partial charge on any atom is -0.0898 e. The van der Waals surface area contributed by atoms with Crippen LogP contribution in [0.4, 0.5) is 0 Å². The summed E-state index contributed by atoms with van der Waals surface area (Å²) in [6.45, 7) is 0. The van der Waals surface area contributed by atoms with E-state index in [2.05, 4.69) is 22.3 Å². The molecule has 0 unspecified atom stereocenters. The molecule has 0 N–H and O–H groups in total. The van der Waals surface area contributed by atoms with Gasteiger partial charge in [-0.2, -0.15) is 0 Å². The number of rotatable bonds is 1. The summed E-state index contributed by atoms with van der Waals surface area (Å²) >= 11 is 0.285. The van der Waals surface area contributed by atoms with Gasteiger partial charge >= 0.3 is 0 Å². The Bertz CT molecular complexity index is 217. The Morgan fingerprint density at radius 2 is 2.00 bits per heavy atom. The predicted octanol–water partition coefficient (Wildman–Crippen LogP) is 3.40. The van der Waals surface area contributed by atoms with E-state index in [4.69, 9.17) is 0 Å². The summed E-state index contributed by atoms with van der Waals surface area (Å²) in [5, 5.41) is 0. The summed E-state index contributed by atoms with van der Waals surface area (Å²) < 4.78 is 4.16. The highest BCUT2D eigenvalue weighted by atomic mass is 127. The van der Waals surface area contributed by atoms with E-state index in [9.17, 15) is 0 Å². The Labute approximate surface area is 78.1 Å². The van der Waals surface area contributed by atoms with Gasteiger partial charge in [0.15, 0.2) is 0 Å². The van der Waals surface area contributed by atoms with Crippen LogP contribution in [0.2, 0.25) is 0 Å². The summed E-state index contributed by atoms with van der Waals surface area (Å²) in [6, 6.07) is 0. The summed E-state index contributed by atoms with van der Waals surface area (Å²) in [4.78, 5) is 0. The molecule has 0 aromatic carbocycles. The first-order valence-corrected chi connectivity index (χ1v) is 6.63. The van der Waals surface area contributed by atoms with Crippen molar-refractivity contribution in [2.24, 2.45) is 5.92 Å². The molecule has 0 amide bonds. The third kappa shape index (κ3) is 1.81. The zero-order valence-electron chi connectivity index (χ0n) is 6.59. The lowest BCUT2D eigenvalue weighted by molar-refractivity contribution is 0.743. The Hall–Kier alpha value is 0.0800. The van der Waals surface area contributed by atoms with Crippen LogP contribution in [0.3, 0.4) is 0 Å². The highest BCUT2D eigenvalue weighted by Crippen LogP contribution is 2.30. The third-order valence-corrected chi connectivity index (χ3v) is 5.11. The van der Waals surface area contributed by atoms with Crippen LogP contribution in [-0.2, 0) is 0 Å². The highest BCUT2D eigenvalue weighted by molar-refractivity contribution is 14.2. The van der Waals surface area contributed by atoms with Gasteiger partial charge in [0.2, 0.25) is 0 Å². The third-order valence-electron chi connectivity index (χ3n) is 2.37. The van der Waals surface area contributed by atoms with Crippen LogP contribution in [0.5, 0.6) is 0 Å². The number of hydrogen-bond donors (Lipinski definition) is 0. The maximum Gasteiger partial charge on any atom is -0.0108 e. The van der Waals surface area contributed by atoms with Gasteiger partial charge in [-0.15, -0.1) is 0 Å². The first kappa shape index (κ1) is 7.71. The lowest BCUT2D eigenvalue weighted by atomic mass is 10.0. The van der Waals surface area contributed by atoms with Crippen molar-refractivity contribution in [2.45, 2.75) is 25.7 Å². The van der Waals surface area contributed by atoms with Gasteiger partial charge in [-0.3, -0.25) is 0 Å². The first-order chi connectivity index (χ1) is 5.47. The lowest BCUT2D eigenvalue weighted by Crippen LogP contribution is -2.05. The van der Waals surface area contributed by atoms with Crippen LogP contribution >= 0.6 is 20.7 Å². The maximum atomic E-state index is 2.38. The van der Waals surface area contributed by atoms with Crippen LogP contribution in [0.25, 0.3) is 0 Å². The van der Waals surface area contributed by atoms with Crippen LogP contribution in [0.1, 0.15) is 25.7 Å². The van der Waals surface area contributed by atoms with Gasteiger partial charge in [0, 0.05) is 0 Å². The van der Waals surface area contributed by atoms with Crippen molar-refractivity contribution < 1.29 is 0 Å². The predicted molar refractivity (Wildman–Crippen MR) is 59.3 cm³/mol. The number of hydrogen-bond acceptors (Lipinski definition) is 0. The molecule has 0 spiro atoms. The SMILES string of the molecule is C1=CI=C(C2CCCC2)C=C1. The quantitative estimate of drug-likeness (QED) is 0.634. The molecule has 1 aliphatic carbocycles. The van der Waals surface area contributed by atoms with Crippen molar-refractivity contribution in [1.29, 1.82) is 0 Å². The Morgan fingerprint density at radius 3 is 2.64 bits per heavy atom. The van der Waals surface area contributed by atoms with Gasteiger partial charge in [0.05, 0.1) is 0 Å². The van der Waals surface area contributed by atoms with Gasteiger partial charge < -0.3 is 0 Å². The van der Waals surface area contributed by atoms with E-state index in [-0.39, 0.29) is 20.7 Å². The van der Waals surface area contributed by atoms with E-state index in [1.165, 1.54) is 25.7 Å². The summed E-state index contributed by atoms with van der Waals surface area (Å²) in [6.07, 6.45) is 12.6. The molecule has 0 atom stereocenters. The van der Waals surface area contributed by atoms with Gasteiger partial charge in [-0.25, -0.2) is 0 Å². The molecule has 2 aliphatic rings. The second kappa shape index (κ2) is 3.65. The lowest BCUT2D eigenvalue weighted by Gasteiger charge is -2.09. The highest BCUT2D eigenvalue weighted by Gasteiger charge is 2.17. The van der Waals surface area contributed by atoms with Crippen LogP contribution in [-0.4, -0.2) is 3.51 Å². The summed E-state index contributed by atoms with van der Waals surface area (Å²) in [7, 11) is 0. The van der Waals surface area contributed by atoms with Crippen molar-refractivity contribution in [3.8, 4) is 0 Å². The molecule has 1 heteroatoms. The molecule has 60 valence electrons. The molecule has 0 aromatic rings. The minimum atomic E-state index is 0.285. The van der Waals surface area contributed by atoms with E-state index in [0.29, 0.717) is 0 Å². The monoisotopic (exact) mass is 260 g/mol. The molecule has 1 aliphatic heterocycles. The molecular formula is C10H13I. The zero-order chi connectivity index (χ0) is 7.52. The van der Waals surface area contributed by atoms with Gasteiger partial charge in [0.25, 0.3) is 0 Å². The fraction of sp³-hybridized carbons (Fsp3) is 0.500. The normalized spacial score (nSPS) is 24.9. The van der Waals surface area contributed by atoms with Gasteiger partial charge in [0.1, 0.15) is 0 Å². The van der Waals surface area contributed by atoms with Crippen molar-refractivity contribution in [1.82, 2.24) is 0 Å². The van der Waals surface area contributed by atoms with Crippen LogP contribution in [0.15, 0.2) is 22.3 Å². The maximum absolute atomic E-state index is 2.38. The second-order valence-electron chi connectivity index (χ2n) is 3.15. The van der Waals surface area contributed by atoms with E-state index in [1.807, 2.05) is 0 Å². The molecule has 0 radical (unpaired) electrons. The Morgan fingerprint density at radius 1 is 1.18 bits per heavy atom. The summed E-state index contributed by atoms with van der Waals surface area (Å²) in [5.74, 6) is 0.976. The summed E-state index contributed by atoms with van der Waals surface area (Å²) in [5.41, 5.74) is 0. The zero-order valence-corrected chi connectivity index (χ0v) is 8.75. The fourth-order valence-electron chi connectivity index (χ4n) is 1.76. The minimum absolute atomic E-state index is 0.285. The average molecular weight is 260 g/mol. The van der Waals surface area contributed by atoms with Crippen LogP contribution < -0.4 is 0 Å². The molecule has 0 bridgehead atoms. The van der Waals surface area contributed by atoms with Crippen LogP contribution in [0, 0.1) is 5.92 Å². The molecular weight excluding hydrogens is 247 g/mol. The standard InChI is InChI=1S/C10H13I/c1-2-6-9(5-1)10-7-3-4-8-11-10/h3-4,7-9H,1-2,5-6H2. The molecule has 0 aromatic heterocycles. The molecule has 11 heavy (non-hydrogen) atoms. The average Bonchev–Trinajstić information content (AvgIpc) is 2.58. The smallest absolute Gasteiger partial charge is 0.0108 e. The molecule has 0 saturated heterocycles. The molecule has 1 heterocycles. The van der Waals surface area contributed by atoms with Crippen molar-refractivity contribution in [2.75, 3.05) is 0 Å². The second-order valence-corrected chi connectivity index (χ2v) is 5.74. The Balaban J connectivity index is 2.09. The van der Waals surface area contributed by atoms with Gasteiger partial charge in [-0.1, -0.05) is 51.8 Å². The van der Waals surface area contributed by atoms with Crippen molar-refractivity contribution in [3.05, 3.63) is 22.3 Å². The largest absolute Gasteiger partial charge is 0.0898 e. The van der Waals surface area contributed by atoms with E-state index in [0.717, 1.165) is 5.92 Å². The molecule has 2 rings (SSSR count). The van der Waals surface area contributed by atoms with E-state index < -0.39 is 0 Å². The van der Waals surface area contributed by atoms with E-state index >= 15 is 0 Å². The topological polar surface area (TPSA) is 0 Å². The van der Waals surface area contributed by atoms with Crippen molar-refractivity contribution in [3.63, 3.8) is 0 Å². The number of halogens is 1. The van der Waals surface area contributed by atoms with E-state index in [1.54, 1.807) is 3.51 Å². The molecule has 1 saturated carbocycles. The Kier molecular flexibility index (Phi) is 2.56. The molecule has 0 nitrogen and oxygen atoms in total. The van der Waals surface area contributed by atoms with Gasteiger partial charge in [-0.05, 0) is 26.4 Å². The first-order valence-electron chi connectivity index (χ1n) is 4.30. The molecule has 1 fully saturated rings.